The van der Waals surface area contributed by atoms with E-state index in [-0.39, 0.29) is 0 Å². The number of para-hydroxylation sites is 1. The molecule has 1 aromatic carbocycles. The van der Waals surface area contributed by atoms with E-state index in [1.165, 1.54) is 19.4 Å². The lowest BCUT2D eigenvalue weighted by Gasteiger charge is -2.21. The average molecular weight is 308 g/mol. The maximum atomic E-state index is 6.12. The highest BCUT2D eigenvalue weighted by Crippen LogP contribution is 2.28. The largest absolute Gasteiger partial charge is 0.492 e. The minimum absolute atomic E-state index is 0.427. The molecule has 1 atom stereocenters. The highest BCUT2D eigenvalue weighted by Gasteiger charge is 2.23. The van der Waals surface area contributed by atoms with Crippen LogP contribution in [-0.2, 0) is 12.4 Å². The van der Waals surface area contributed by atoms with Gasteiger partial charge in [0.2, 0.25) is 0 Å². The van der Waals surface area contributed by atoms with Crippen LogP contribution in [0.1, 0.15) is 25.6 Å². The van der Waals surface area contributed by atoms with Crippen LogP contribution < -0.4 is 4.74 Å². The van der Waals surface area contributed by atoms with Crippen molar-refractivity contribution in [3.63, 3.8) is 0 Å². The fourth-order valence-electron chi connectivity index (χ4n) is 3.17. The molecule has 1 aliphatic rings. The molecule has 4 nitrogen and oxygen atoms in total. The van der Waals surface area contributed by atoms with Crippen LogP contribution in [0.2, 0.25) is 0 Å². The number of aromatic nitrogens is 2. The predicted octanol–water partition coefficient (Wildman–Crippen LogP) is 3.27. The van der Waals surface area contributed by atoms with Crippen LogP contribution in [0.15, 0.2) is 18.2 Å². The van der Waals surface area contributed by atoms with Gasteiger partial charge in [-0.25, -0.2) is 4.98 Å². The average Bonchev–Trinajstić information content (AvgIpc) is 3.05. The molecule has 5 heteroatoms. The van der Waals surface area contributed by atoms with Gasteiger partial charge in [0.1, 0.15) is 17.1 Å². The summed E-state index contributed by atoms with van der Waals surface area (Å²) in [6.07, 6.45) is 2.51. The molecule has 0 bridgehead atoms. The molecule has 1 fully saturated rings. The zero-order chi connectivity index (χ0) is 14.8. The van der Waals surface area contributed by atoms with Crippen LogP contribution in [0.5, 0.6) is 5.75 Å². The van der Waals surface area contributed by atoms with Crippen LogP contribution >= 0.6 is 11.6 Å². The minimum atomic E-state index is 0.427. The number of imidazole rings is 1. The second-order valence-corrected chi connectivity index (χ2v) is 5.87. The SMILES string of the molecule is CCOc1cccc2c1nc(CCl)n2CC1CCCN1C. The molecule has 0 radical (unpaired) electrons. The van der Waals surface area contributed by atoms with Crippen molar-refractivity contribution in [1.29, 1.82) is 0 Å². The maximum absolute atomic E-state index is 6.12. The van der Waals surface area contributed by atoms with Crippen molar-refractivity contribution in [3.8, 4) is 5.75 Å². The van der Waals surface area contributed by atoms with Crippen LogP contribution in [0.25, 0.3) is 11.0 Å². The van der Waals surface area contributed by atoms with Gasteiger partial charge < -0.3 is 14.2 Å². The highest BCUT2D eigenvalue weighted by atomic mass is 35.5. The Bertz CT molecular complexity index is 625. The molecule has 2 aromatic rings. The lowest BCUT2D eigenvalue weighted by molar-refractivity contribution is 0.282. The number of halogens is 1. The smallest absolute Gasteiger partial charge is 0.147 e. The van der Waals surface area contributed by atoms with Crippen molar-refractivity contribution in [1.82, 2.24) is 14.5 Å². The Morgan fingerprint density at radius 2 is 2.29 bits per heavy atom. The van der Waals surface area contributed by atoms with E-state index in [0.29, 0.717) is 18.5 Å². The number of benzene rings is 1. The second-order valence-electron chi connectivity index (χ2n) is 5.61. The van der Waals surface area contributed by atoms with Gasteiger partial charge in [0.05, 0.1) is 18.0 Å². The molecule has 0 saturated carbocycles. The van der Waals surface area contributed by atoms with Crippen molar-refractivity contribution >= 4 is 22.6 Å². The number of ether oxygens (including phenoxy) is 1. The fraction of sp³-hybridized carbons (Fsp3) is 0.562. The number of nitrogens with zero attached hydrogens (tertiary/aromatic N) is 3. The van der Waals surface area contributed by atoms with Gasteiger partial charge in [-0.3, -0.25) is 0 Å². The molecule has 2 heterocycles. The first-order valence-corrected chi connectivity index (χ1v) is 8.15. The number of hydrogen-bond acceptors (Lipinski definition) is 3. The van der Waals surface area contributed by atoms with Gasteiger partial charge in [-0.05, 0) is 45.5 Å². The lowest BCUT2D eigenvalue weighted by Crippen LogP contribution is -2.29. The van der Waals surface area contributed by atoms with E-state index in [4.69, 9.17) is 21.3 Å². The first-order chi connectivity index (χ1) is 10.2. The summed E-state index contributed by atoms with van der Waals surface area (Å²) in [5.74, 6) is 2.20. The van der Waals surface area contributed by atoms with E-state index in [9.17, 15) is 0 Å². The zero-order valence-electron chi connectivity index (χ0n) is 12.7. The van der Waals surface area contributed by atoms with Crippen molar-refractivity contribution < 1.29 is 4.74 Å². The number of hydrogen-bond donors (Lipinski definition) is 0. The lowest BCUT2D eigenvalue weighted by atomic mass is 10.2. The molecule has 1 unspecified atom stereocenters. The summed E-state index contributed by atoms with van der Waals surface area (Å²) < 4.78 is 7.95. The Hall–Kier alpha value is -1.26. The number of alkyl halides is 1. The molecule has 114 valence electrons. The molecule has 1 saturated heterocycles. The van der Waals surface area contributed by atoms with Crippen LogP contribution in [0, 0.1) is 0 Å². The third-order valence-corrected chi connectivity index (χ3v) is 4.54. The number of likely N-dealkylation sites (tertiary alicyclic amines) is 1. The Kier molecular flexibility index (Phi) is 4.36. The van der Waals surface area contributed by atoms with Gasteiger partial charge in [0, 0.05) is 12.6 Å². The Labute approximate surface area is 130 Å². The topological polar surface area (TPSA) is 30.3 Å². The minimum Gasteiger partial charge on any atom is -0.492 e. The number of likely N-dealkylation sites (N-methyl/N-ethyl adjacent to an activating group) is 1. The third-order valence-electron chi connectivity index (χ3n) is 4.31. The number of rotatable bonds is 5. The maximum Gasteiger partial charge on any atom is 0.147 e. The third kappa shape index (κ3) is 2.74. The molecule has 3 rings (SSSR count). The van der Waals surface area contributed by atoms with Crippen LogP contribution in [0.4, 0.5) is 0 Å². The second kappa shape index (κ2) is 6.24. The van der Waals surface area contributed by atoms with E-state index in [1.54, 1.807) is 0 Å². The summed E-state index contributed by atoms with van der Waals surface area (Å²) in [7, 11) is 2.20. The van der Waals surface area contributed by atoms with Gasteiger partial charge in [-0.15, -0.1) is 11.6 Å². The summed E-state index contributed by atoms with van der Waals surface area (Å²) in [4.78, 5) is 7.13. The van der Waals surface area contributed by atoms with Crippen LogP contribution in [-0.4, -0.2) is 40.7 Å². The van der Waals surface area contributed by atoms with Gasteiger partial charge >= 0.3 is 0 Å². The van der Waals surface area contributed by atoms with Crippen LogP contribution in [0.3, 0.4) is 0 Å². The molecule has 1 aliphatic heterocycles. The first-order valence-electron chi connectivity index (χ1n) is 7.61. The van der Waals surface area contributed by atoms with Crippen molar-refractivity contribution in [2.75, 3.05) is 20.2 Å². The van der Waals surface area contributed by atoms with Crippen molar-refractivity contribution in [2.24, 2.45) is 0 Å². The Morgan fingerprint density at radius 3 is 2.95 bits per heavy atom. The fourth-order valence-corrected chi connectivity index (χ4v) is 3.37. The monoisotopic (exact) mass is 307 g/mol. The predicted molar refractivity (Wildman–Crippen MR) is 86.1 cm³/mol. The summed E-state index contributed by atoms with van der Waals surface area (Å²) in [5, 5.41) is 0. The molecular formula is C16H22ClN3O. The number of fused-ring (bicyclic) bond motifs is 1. The normalized spacial score (nSPS) is 19.5. The van der Waals surface area contributed by atoms with Gasteiger partial charge in [-0.1, -0.05) is 6.07 Å². The molecule has 1 aromatic heterocycles. The highest BCUT2D eigenvalue weighted by molar-refractivity contribution is 6.16. The van der Waals surface area contributed by atoms with E-state index >= 15 is 0 Å². The summed E-state index contributed by atoms with van der Waals surface area (Å²) >= 11 is 6.12. The summed E-state index contributed by atoms with van der Waals surface area (Å²) in [6, 6.07) is 6.68. The van der Waals surface area contributed by atoms with Gasteiger partial charge in [0.15, 0.2) is 0 Å². The summed E-state index contributed by atoms with van der Waals surface area (Å²) in [6.45, 7) is 4.77. The quantitative estimate of drug-likeness (QED) is 0.794. The molecule has 0 N–H and O–H groups in total. The van der Waals surface area contributed by atoms with E-state index in [2.05, 4.69) is 22.6 Å². The molecule has 0 spiro atoms. The molecule has 0 amide bonds. The van der Waals surface area contributed by atoms with E-state index in [0.717, 1.165) is 29.2 Å². The molecular weight excluding hydrogens is 286 g/mol. The van der Waals surface area contributed by atoms with Crippen molar-refractivity contribution in [3.05, 3.63) is 24.0 Å². The summed E-state index contributed by atoms with van der Waals surface area (Å²) in [5.41, 5.74) is 2.05. The van der Waals surface area contributed by atoms with Gasteiger partial charge in [0.25, 0.3) is 0 Å². The van der Waals surface area contributed by atoms with Gasteiger partial charge in [-0.2, -0.15) is 0 Å². The molecule has 0 aliphatic carbocycles. The zero-order valence-corrected chi connectivity index (χ0v) is 13.4. The van der Waals surface area contributed by atoms with E-state index < -0.39 is 0 Å². The first kappa shape index (κ1) is 14.7. The van der Waals surface area contributed by atoms with E-state index in [1.807, 2.05) is 19.1 Å². The Balaban J connectivity index is 2.01. The molecule has 21 heavy (non-hydrogen) atoms. The standard InChI is InChI=1S/C16H22ClN3O/c1-3-21-14-8-4-7-13-16(14)18-15(10-17)20(13)11-12-6-5-9-19(12)2/h4,7-8,12H,3,5-6,9-11H2,1-2H3. The van der Waals surface area contributed by atoms with Crippen molar-refractivity contribution in [2.45, 2.75) is 38.2 Å². The Morgan fingerprint density at radius 1 is 1.43 bits per heavy atom.